The Labute approximate surface area is 110 Å². The Morgan fingerprint density at radius 1 is 1.53 bits per heavy atom. The topological polar surface area (TPSA) is 120 Å². The summed E-state index contributed by atoms with van der Waals surface area (Å²) in [6.45, 7) is 3.67. The van der Waals surface area contributed by atoms with Gasteiger partial charge in [-0.1, -0.05) is 13.8 Å². The van der Waals surface area contributed by atoms with Gasteiger partial charge < -0.3 is 15.8 Å². The van der Waals surface area contributed by atoms with E-state index in [0.29, 0.717) is 0 Å². The molecule has 0 saturated heterocycles. The van der Waals surface area contributed by atoms with E-state index in [0.717, 1.165) is 0 Å². The number of ether oxygens (including phenoxy) is 1. The third-order valence-corrected chi connectivity index (χ3v) is 2.52. The fourth-order valence-electron chi connectivity index (χ4n) is 1.49. The number of nitrogen functional groups attached to an aromatic ring is 1. The Morgan fingerprint density at radius 2 is 2.16 bits per heavy atom. The normalized spacial score (nSPS) is 12.0. The summed E-state index contributed by atoms with van der Waals surface area (Å²) < 4.78 is 4.67. The van der Waals surface area contributed by atoms with Crippen LogP contribution in [0.5, 0.6) is 0 Å². The fraction of sp³-hybridized carbons (Fsp3) is 0.455. The molecule has 0 aliphatic carbocycles. The van der Waals surface area contributed by atoms with Gasteiger partial charge in [0.15, 0.2) is 0 Å². The molecule has 1 aromatic rings. The van der Waals surface area contributed by atoms with E-state index in [1.807, 2.05) is 13.8 Å². The third kappa shape index (κ3) is 3.54. The van der Waals surface area contributed by atoms with Crippen molar-refractivity contribution in [2.75, 3.05) is 18.2 Å². The van der Waals surface area contributed by atoms with Crippen LogP contribution >= 0.6 is 0 Å². The lowest BCUT2D eigenvalue weighted by Crippen LogP contribution is -2.35. The maximum absolute atomic E-state index is 11.6. The lowest BCUT2D eigenvalue weighted by Gasteiger charge is -2.20. The second-order valence-corrected chi connectivity index (χ2v) is 4.25. The van der Waals surface area contributed by atoms with Gasteiger partial charge in [0, 0.05) is 6.07 Å². The van der Waals surface area contributed by atoms with E-state index >= 15 is 0 Å². The van der Waals surface area contributed by atoms with Crippen molar-refractivity contribution in [3.05, 3.63) is 22.2 Å². The number of nitrogens with zero attached hydrogens (tertiary/aromatic N) is 2. The van der Waals surface area contributed by atoms with Gasteiger partial charge in [0.25, 0.3) is 0 Å². The van der Waals surface area contributed by atoms with Crippen LogP contribution in [0.25, 0.3) is 0 Å². The van der Waals surface area contributed by atoms with Gasteiger partial charge in [0.2, 0.25) is 5.82 Å². The maximum atomic E-state index is 11.6. The summed E-state index contributed by atoms with van der Waals surface area (Å²) in [6, 6.07) is 2.03. The molecule has 0 aromatic carbocycles. The molecule has 1 atom stereocenters. The molecule has 0 fully saturated rings. The van der Waals surface area contributed by atoms with Crippen molar-refractivity contribution in [1.29, 1.82) is 0 Å². The van der Waals surface area contributed by atoms with Crippen molar-refractivity contribution >= 4 is 23.3 Å². The van der Waals surface area contributed by atoms with Crippen molar-refractivity contribution in [2.45, 2.75) is 19.9 Å². The molecule has 3 N–H and O–H groups in total. The highest BCUT2D eigenvalue weighted by Gasteiger charge is 2.24. The lowest BCUT2D eigenvalue weighted by molar-refractivity contribution is -0.384. The van der Waals surface area contributed by atoms with E-state index in [2.05, 4.69) is 15.0 Å². The molecule has 0 saturated carbocycles. The Bertz CT molecular complexity index is 490. The van der Waals surface area contributed by atoms with Crippen LogP contribution < -0.4 is 11.1 Å². The van der Waals surface area contributed by atoms with Crippen molar-refractivity contribution in [1.82, 2.24) is 4.98 Å². The number of aromatic nitrogens is 1. The van der Waals surface area contributed by atoms with Crippen LogP contribution in [0.4, 0.5) is 17.3 Å². The molecule has 104 valence electrons. The van der Waals surface area contributed by atoms with Gasteiger partial charge in [-0.2, -0.15) is 0 Å². The highest BCUT2D eigenvalue weighted by molar-refractivity contribution is 5.79. The zero-order chi connectivity index (χ0) is 14.6. The number of nitrogens with two attached hydrogens (primary N) is 1. The molecule has 8 nitrogen and oxygen atoms in total. The number of nitrogens with one attached hydrogen (secondary N) is 1. The Balaban J connectivity index is 2.95. The zero-order valence-corrected chi connectivity index (χ0v) is 10.9. The third-order valence-electron chi connectivity index (χ3n) is 2.52. The molecule has 1 heterocycles. The first-order valence-electron chi connectivity index (χ1n) is 5.62. The van der Waals surface area contributed by atoms with Crippen LogP contribution in [0.1, 0.15) is 13.8 Å². The molecule has 1 rings (SSSR count). The van der Waals surface area contributed by atoms with E-state index < -0.39 is 16.9 Å². The van der Waals surface area contributed by atoms with Crippen LogP contribution in [0.15, 0.2) is 12.1 Å². The fourth-order valence-corrected chi connectivity index (χ4v) is 1.49. The summed E-state index contributed by atoms with van der Waals surface area (Å²) in [5.74, 6) is -0.394. The SMILES string of the molecule is COC(=O)C(Nc1ccc([N+](=O)[O-])c(N)n1)C(C)C. The average Bonchev–Trinajstić information content (AvgIpc) is 2.34. The molecule has 0 radical (unpaired) electrons. The first kappa shape index (κ1) is 14.7. The molecule has 19 heavy (non-hydrogen) atoms. The smallest absolute Gasteiger partial charge is 0.328 e. The Kier molecular flexibility index (Phi) is 4.62. The quantitative estimate of drug-likeness (QED) is 0.467. The van der Waals surface area contributed by atoms with Gasteiger partial charge in [-0.3, -0.25) is 10.1 Å². The standard InChI is InChI=1S/C11H16N4O4/c1-6(2)9(11(16)19-3)13-8-5-4-7(15(17)18)10(12)14-8/h4-6,9H,1-3H3,(H3,12,13,14). The first-order valence-corrected chi connectivity index (χ1v) is 5.62. The number of pyridine rings is 1. The molecule has 0 aliphatic rings. The van der Waals surface area contributed by atoms with E-state index in [1.54, 1.807) is 0 Å². The number of esters is 1. The predicted molar refractivity (Wildman–Crippen MR) is 69.6 cm³/mol. The minimum atomic E-state index is -0.619. The summed E-state index contributed by atoms with van der Waals surface area (Å²) in [6.07, 6.45) is 0. The molecule has 0 amide bonds. The van der Waals surface area contributed by atoms with E-state index in [-0.39, 0.29) is 23.2 Å². The van der Waals surface area contributed by atoms with Crippen LogP contribution in [0.2, 0.25) is 0 Å². The second kappa shape index (κ2) is 5.98. The zero-order valence-electron chi connectivity index (χ0n) is 10.9. The molecule has 1 aromatic heterocycles. The van der Waals surface area contributed by atoms with E-state index in [1.165, 1.54) is 19.2 Å². The van der Waals surface area contributed by atoms with Crippen LogP contribution in [-0.4, -0.2) is 29.0 Å². The van der Waals surface area contributed by atoms with Crippen molar-refractivity contribution in [3.63, 3.8) is 0 Å². The minimum absolute atomic E-state index is 0.0364. The molecule has 0 aliphatic heterocycles. The monoisotopic (exact) mass is 268 g/mol. The molecule has 0 bridgehead atoms. The summed E-state index contributed by atoms with van der Waals surface area (Å²) in [4.78, 5) is 25.4. The highest BCUT2D eigenvalue weighted by atomic mass is 16.6. The predicted octanol–water partition coefficient (Wildman–Crippen LogP) is 1.18. The summed E-state index contributed by atoms with van der Waals surface area (Å²) in [7, 11) is 1.29. The van der Waals surface area contributed by atoms with E-state index in [9.17, 15) is 14.9 Å². The lowest BCUT2D eigenvalue weighted by atomic mass is 10.0. The number of hydrogen-bond acceptors (Lipinski definition) is 7. The van der Waals surface area contributed by atoms with Crippen molar-refractivity contribution < 1.29 is 14.5 Å². The number of nitro groups is 1. The Morgan fingerprint density at radius 3 is 2.58 bits per heavy atom. The largest absolute Gasteiger partial charge is 0.467 e. The van der Waals surface area contributed by atoms with Gasteiger partial charge >= 0.3 is 11.7 Å². The maximum Gasteiger partial charge on any atom is 0.328 e. The number of hydrogen-bond donors (Lipinski definition) is 2. The Hall–Kier alpha value is -2.38. The summed E-state index contributed by atoms with van der Waals surface area (Å²) >= 11 is 0. The van der Waals surface area contributed by atoms with Crippen LogP contribution in [0.3, 0.4) is 0 Å². The van der Waals surface area contributed by atoms with Gasteiger partial charge in [-0.25, -0.2) is 9.78 Å². The number of rotatable bonds is 5. The van der Waals surface area contributed by atoms with E-state index in [4.69, 9.17) is 5.73 Å². The van der Waals surface area contributed by atoms with Gasteiger partial charge in [-0.05, 0) is 12.0 Å². The molecule has 0 spiro atoms. The van der Waals surface area contributed by atoms with Crippen LogP contribution in [-0.2, 0) is 9.53 Å². The number of methoxy groups -OCH3 is 1. The van der Waals surface area contributed by atoms with Crippen molar-refractivity contribution in [2.24, 2.45) is 5.92 Å². The average molecular weight is 268 g/mol. The molecular weight excluding hydrogens is 252 g/mol. The van der Waals surface area contributed by atoms with Crippen LogP contribution in [0, 0.1) is 16.0 Å². The summed E-state index contributed by atoms with van der Waals surface area (Å²) in [5, 5.41) is 13.5. The van der Waals surface area contributed by atoms with Gasteiger partial charge in [-0.15, -0.1) is 0 Å². The second-order valence-electron chi connectivity index (χ2n) is 4.25. The first-order chi connectivity index (χ1) is 8.86. The molecule has 1 unspecified atom stereocenters. The van der Waals surface area contributed by atoms with Gasteiger partial charge in [0.05, 0.1) is 12.0 Å². The number of anilines is 2. The number of carbonyl (C=O) groups is 1. The highest BCUT2D eigenvalue weighted by Crippen LogP contribution is 2.22. The summed E-state index contributed by atoms with van der Waals surface area (Å²) in [5.41, 5.74) is 5.20. The number of carbonyl (C=O) groups excluding carboxylic acids is 1. The van der Waals surface area contributed by atoms with Crippen molar-refractivity contribution in [3.8, 4) is 0 Å². The molecule has 8 heteroatoms. The van der Waals surface area contributed by atoms with Gasteiger partial charge in [0.1, 0.15) is 11.9 Å². The molecular formula is C11H16N4O4. The minimum Gasteiger partial charge on any atom is -0.467 e.